The van der Waals surface area contributed by atoms with E-state index in [0.717, 1.165) is 19.3 Å². The van der Waals surface area contributed by atoms with E-state index >= 15 is 0 Å². The lowest BCUT2D eigenvalue weighted by atomic mass is 10.1. The highest BCUT2D eigenvalue weighted by Gasteiger charge is 2.38. The fraction of sp³-hybridized carbons (Fsp3) is 0.286. The van der Waals surface area contributed by atoms with E-state index in [2.05, 4.69) is 0 Å². The Hall–Kier alpha value is -2.38. The van der Waals surface area contributed by atoms with Crippen molar-refractivity contribution >= 4 is 38.7 Å². The van der Waals surface area contributed by atoms with Gasteiger partial charge in [-0.2, -0.15) is 0 Å². The van der Waals surface area contributed by atoms with Crippen LogP contribution in [0.1, 0.15) is 24.8 Å². The maximum absolute atomic E-state index is 13.8. The van der Waals surface area contributed by atoms with Gasteiger partial charge in [-0.05, 0) is 68.1 Å². The number of likely N-dealkylation sites (tertiary alicyclic amines) is 1. The molecule has 1 amide bonds. The number of hydrogen-bond donors (Lipinski definition) is 0. The molecule has 0 radical (unpaired) electrons. The molecule has 0 atom stereocenters. The van der Waals surface area contributed by atoms with Crippen LogP contribution >= 0.6 is 11.6 Å². The summed E-state index contributed by atoms with van der Waals surface area (Å²) in [5, 5.41) is 0.363. The monoisotopic (exact) mass is 434 g/mol. The van der Waals surface area contributed by atoms with Crippen LogP contribution in [-0.2, 0) is 14.6 Å². The molecule has 5 nitrogen and oxygen atoms in total. The summed E-state index contributed by atoms with van der Waals surface area (Å²) in [4.78, 5) is 16.0. The molecule has 1 fully saturated rings. The molecule has 29 heavy (non-hydrogen) atoms. The molecule has 2 heterocycles. The molecule has 0 aromatic heterocycles. The highest BCUT2D eigenvalue weighted by atomic mass is 35.5. The molecule has 2 aromatic carbocycles. The fourth-order valence-corrected chi connectivity index (χ4v) is 5.38. The molecule has 2 aromatic rings. The van der Waals surface area contributed by atoms with Crippen molar-refractivity contribution in [1.82, 2.24) is 4.90 Å². The van der Waals surface area contributed by atoms with E-state index in [9.17, 15) is 17.6 Å². The van der Waals surface area contributed by atoms with E-state index in [1.165, 1.54) is 30.5 Å². The topological polar surface area (TPSA) is 57.7 Å². The molecular formula is C21H20ClFN2O3S. The molecule has 4 rings (SSSR count). The van der Waals surface area contributed by atoms with Crippen LogP contribution in [0.2, 0.25) is 5.02 Å². The zero-order valence-corrected chi connectivity index (χ0v) is 17.4. The first-order chi connectivity index (χ1) is 13.8. The number of halogens is 2. The van der Waals surface area contributed by atoms with E-state index in [0.29, 0.717) is 35.1 Å². The molecule has 1 saturated heterocycles. The summed E-state index contributed by atoms with van der Waals surface area (Å²) in [6.07, 6.45) is 4.06. The first-order valence-electron chi connectivity index (χ1n) is 9.40. The van der Waals surface area contributed by atoms with Crippen LogP contribution < -0.4 is 4.90 Å². The van der Waals surface area contributed by atoms with E-state index < -0.39 is 15.7 Å². The third-order valence-electron chi connectivity index (χ3n) is 5.28. The van der Waals surface area contributed by atoms with Crippen molar-refractivity contribution in [3.8, 4) is 0 Å². The third-order valence-corrected chi connectivity index (χ3v) is 7.30. The molecule has 0 bridgehead atoms. The van der Waals surface area contributed by atoms with Crippen LogP contribution in [0.25, 0.3) is 0 Å². The summed E-state index contributed by atoms with van der Waals surface area (Å²) < 4.78 is 40.3. The average Bonchev–Trinajstić information content (AvgIpc) is 2.70. The normalized spacial score (nSPS) is 18.2. The SMILES string of the molecule is Cc1cc(N2C=C(C(=O)N3CCCCC3)S(=O)(=O)c3ccc(Cl)cc32)ccc1F. The lowest BCUT2D eigenvalue weighted by Crippen LogP contribution is -2.39. The Bertz CT molecular complexity index is 1120. The lowest BCUT2D eigenvalue weighted by Gasteiger charge is -2.32. The minimum atomic E-state index is -4.01. The number of carbonyl (C=O) groups is 1. The summed E-state index contributed by atoms with van der Waals surface area (Å²) in [7, 11) is -4.01. The molecule has 0 unspecified atom stereocenters. The number of fused-ring (bicyclic) bond motifs is 1. The minimum Gasteiger partial charge on any atom is -0.338 e. The summed E-state index contributed by atoms with van der Waals surface area (Å²) >= 11 is 6.12. The van der Waals surface area contributed by atoms with E-state index in [1.54, 1.807) is 28.9 Å². The number of piperidine rings is 1. The number of benzene rings is 2. The highest BCUT2D eigenvalue weighted by Crippen LogP contribution is 2.41. The molecule has 2 aliphatic heterocycles. The number of carbonyl (C=O) groups excluding carboxylic acids is 1. The number of nitrogens with zero attached hydrogens (tertiary/aromatic N) is 2. The summed E-state index contributed by atoms with van der Waals surface area (Å²) in [6.45, 7) is 2.70. The standard InChI is InChI=1S/C21H20ClFN2O3S/c1-14-11-16(6-7-17(14)23)25-13-20(21(26)24-9-3-2-4-10-24)29(27,28)19-8-5-15(22)12-18(19)25/h5-8,11-13H,2-4,9-10H2,1H3. The second-order valence-corrected chi connectivity index (χ2v) is 9.59. The number of aryl methyl sites for hydroxylation is 1. The Morgan fingerprint density at radius 2 is 1.79 bits per heavy atom. The van der Waals surface area contributed by atoms with Gasteiger partial charge in [0.15, 0.2) is 4.91 Å². The van der Waals surface area contributed by atoms with Crippen LogP contribution in [0.4, 0.5) is 15.8 Å². The average molecular weight is 435 g/mol. The Labute approximate surface area is 174 Å². The number of amides is 1. The van der Waals surface area contributed by atoms with Gasteiger partial charge in [0.05, 0.1) is 10.6 Å². The van der Waals surface area contributed by atoms with Gasteiger partial charge in [-0.3, -0.25) is 4.79 Å². The molecule has 0 aliphatic carbocycles. The first kappa shape index (κ1) is 19.9. The highest BCUT2D eigenvalue weighted by molar-refractivity contribution is 7.96. The predicted octanol–water partition coefficient (Wildman–Crippen LogP) is 4.57. The molecule has 0 spiro atoms. The summed E-state index contributed by atoms with van der Waals surface area (Å²) in [5.41, 5.74) is 1.29. The van der Waals surface area contributed by atoms with Crippen molar-refractivity contribution in [3.05, 3.63) is 63.9 Å². The molecule has 8 heteroatoms. The maximum atomic E-state index is 13.8. The van der Waals surface area contributed by atoms with Gasteiger partial charge in [-0.25, -0.2) is 12.8 Å². The molecule has 0 saturated carbocycles. The van der Waals surface area contributed by atoms with Crippen LogP contribution in [0.15, 0.2) is 52.4 Å². The lowest BCUT2D eigenvalue weighted by molar-refractivity contribution is -0.127. The van der Waals surface area contributed by atoms with Crippen molar-refractivity contribution in [2.24, 2.45) is 0 Å². The van der Waals surface area contributed by atoms with Crippen LogP contribution in [0.3, 0.4) is 0 Å². The molecule has 0 N–H and O–H groups in total. The van der Waals surface area contributed by atoms with Crippen molar-refractivity contribution in [3.63, 3.8) is 0 Å². The Morgan fingerprint density at radius 1 is 1.07 bits per heavy atom. The van der Waals surface area contributed by atoms with E-state index in [1.807, 2.05) is 0 Å². The number of hydrogen-bond acceptors (Lipinski definition) is 4. The van der Waals surface area contributed by atoms with E-state index in [-0.39, 0.29) is 15.6 Å². The smallest absolute Gasteiger partial charge is 0.267 e. The second kappa shape index (κ2) is 7.46. The fourth-order valence-electron chi connectivity index (χ4n) is 3.70. The third kappa shape index (κ3) is 3.53. The first-order valence-corrected chi connectivity index (χ1v) is 11.3. The summed E-state index contributed by atoms with van der Waals surface area (Å²) in [5.74, 6) is -0.868. The minimum absolute atomic E-state index is 0.00624. The van der Waals surface area contributed by atoms with Crippen LogP contribution in [0.5, 0.6) is 0 Å². The number of anilines is 2. The quantitative estimate of drug-likeness (QED) is 0.694. The van der Waals surface area contributed by atoms with Crippen molar-refractivity contribution < 1.29 is 17.6 Å². The van der Waals surface area contributed by atoms with Crippen molar-refractivity contribution in [2.75, 3.05) is 18.0 Å². The maximum Gasteiger partial charge on any atom is 0.267 e. The predicted molar refractivity (Wildman–Crippen MR) is 110 cm³/mol. The number of sulfone groups is 1. The van der Waals surface area contributed by atoms with Crippen LogP contribution in [-0.4, -0.2) is 32.3 Å². The van der Waals surface area contributed by atoms with Gasteiger partial charge in [0, 0.05) is 30.0 Å². The van der Waals surface area contributed by atoms with Gasteiger partial charge >= 0.3 is 0 Å². The zero-order chi connectivity index (χ0) is 20.8. The largest absolute Gasteiger partial charge is 0.338 e. The Morgan fingerprint density at radius 3 is 2.48 bits per heavy atom. The van der Waals surface area contributed by atoms with Gasteiger partial charge < -0.3 is 9.80 Å². The molecular weight excluding hydrogens is 415 g/mol. The Kier molecular flexibility index (Phi) is 5.12. The number of rotatable bonds is 2. The van der Waals surface area contributed by atoms with Crippen LogP contribution in [0, 0.1) is 12.7 Å². The second-order valence-electron chi connectivity index (χ2n) is 7.27. The van der Waals surface area contributed by atoms with Gasteiger partial charge in [-0.1, -0.05) is 11.6 Å². The van der Waals surface area contributed by atoms with Gasteiger partial charge in [0.1, 0.15) is 5.82 Å². The summed E-state index contributed by atoms with van der Waals surface area (Å²) in [6, 6.07) is 8.90. The van der Waals surface area contributed by atoms with Gasteiger partial charge in [-0.15, -0.1) is 0 Å². The molecule has 2 aliphatic rings. The Balaban J connectivity index is 1.89. The van der Waals surface area contributed by atoms with E-state index in [4.69, 9.17) is 11.6 Å². The molecule has 152 valence electrons. The van der Waals surface area contributed by atoms with Gasteiger partial charge in [0.2, 0.25) is 9.84 Å². The van der Waals surface area contributed by atoms with Crippen molar-refractivity contribution in [1.29, 1.82) is 0 Å². The zero-order valence-electron chi connectivity index (χ0n) is 15.9. The van der Waals surface area contributed by atoms with Crippen molar-refractivity contribution in [2.45, 2.75) is 31.1 Å². The van der Waals surface area contributed by atoms with Gasteiger partial charge in [0.25, 0.3) is 5.91 Å².